The van der Waals surface area contributed by atoms with Gasteiger partial charge in [-0.15, -0.1) is 5.10 Å². The van der Waals surface area contributed by atoms with Crippen molar-refractivity contribution in [1.82, 2.24) is 19.6 Å². The molecule has 0 radical (unpaired) electrons. The van der Waals surface area contributed by atoms with Crippen molar-refractivity contribution in [1.29, 1.82) is 0 Å². The number of alkyl halides is 6. The molecule has 3 N–H and O–H groups in total. The molecule has 1 unspecified atom stereocenters. The molecule has 0 saturated heterocycles. The van der Waals surface area contributed by atoms with Crippen molar-refractivity contribution in [2.75, 3.05) is 5.73 Å². The maximum Gasteiger partial charge on any atom is 0.453 e. The molecule has 0 spiro atoms. The van der Waals surface area contributed by atoms with Crippen LogP contribution >= 0.6 is 0 Å². The second-order valence-electron chi connectivity index (χ2n) is 6.30. The first-order chi connectivity index (χ1) is 12.7. The highest BCUT2D eigenvalue weighted by atomic mass is 19.4. The molecule has 1 atom stereocenters. The van der Waals surface area contributed by atoms with Gasteiger partial charge in [0.2, 0.25) is 0 Å². The summed E-state index contributed by atoms with van der Waals surface area (Å²) in [5, 5.41) is 13.3. The molecule has 3 rings (SSSR count). The van der Waals surface area contributed by atoms with Gasteiger partial charge < -0.3 is 10.8 Å². The number of aryl methyl sites for hydroxylation is 1. The largest absolute Gasteiger partial charge is 0.453 e. The number of rotatable bonds is 2. The number of hydrogen-bond acceptors (Lipinski definition) is 5. The number of halogens is 6. The fraction of sp³-hybridized carbons (Fsp3) is 0.312. The van der Waals surface area contributed by atoms with E-state index in [0.29, 0.717) is 12.5 Å². The number of nitrogens with two attached hydrogens (primary N) is 1. The van der Waals surface area contributed by atoms with E-state index in [-0.39, 0.29) is 16.9 Å². The summed E-state index contributed by atoms with van der Waals surface area (Å²) in [6, 6.07) is 3.41. The van der Waals surface area contributed by atoms with E-state index in [1.54, 1.807) is 0 Å². The first kappa shape index (κ1) is 19.9. The molecule has 150 valence electrons. The number of benzene rings is 1. The van der Waals surface area contributed by atoms with Gasteiger partial charge in [-0.05, 0) is 31.0 Å². The van der Waals surface area contributed by atoms with E-state index in [4.69, 9.17) is 5.73 Å². The monoisotopic (exact) mass is 405 g/mol. The number of aromatic nitrogens is 4. The molecule has 28 heavy (non-hydrogen) atoms. The van der Waals surface area contributed by atoms with Crippen LogP contribution in [0.1, 0.15) is 23.9 Å². The van der Waals surface area contributed by atoms with Gasteiger partial charge in [0.15, 0.2) is 17.1 Å². The topological polar surface area (TPSA) is 89.3 Å². The van der Waals surface area contributed by atoms with Crippen LogP contribution in [-0.2, 0) is 11.8 Å². The van der Waals surface area contributed by atoms with Gasteiger partial charge in [0.25, 0.3) is 5.82 Å². The van der Waals surface area contributed by atoms with Crippen molar-refractivity contribution in [2.24, 2.45) is 0 Å². The lowest BCUT2D eigenvalue weighted by Gasteiger charge is -2.27. The van der Waals surface area contributed by atoms with Gasteiger partial charge in [0.05, 0.1) is 11.9 Å². The summed E-state index contributed by atoms with van der Waals surface area (Å²) < 4.78 is 79.2. The van der Waals surface area contributed by atoms with E-state index in [2.05, 4.69) is 15.1 Å². The van der Waals surface area contributed by atoms with E-state index < -0.39 is 35.2 Å². The Kier molecular flexibility index (Phi) is 4.30. The number of nitrogen functional groups attached to an aromatic ring is 1. The Morgan fingerprint density at radius 3 is 2.32 bits per heavy atom. The van der Waals surface area contributed by atoms with Crippen LogP contribution in [0.2, 0.25) is 0 Å². The molecule has 2 heterocycles. The van der Waals surface area contributed by atoms with Crippen molar-refractivity contribution in [3.63, 3.8) is 0 Å². The minimum Gasteiger partial charge on any atom is -0.380 e. The number of aliphatic hydroxyl groups is 1. The van der Waals surface area contributed by atoms with E-state index in [0.717, 1.165) is 22.8 Å². The van der Waals surface area contributed by atoms with E-state index in [1.807, 2.05) is 0 Å². The Hall–Kier alpha value is -2.89. The minimum atomic E-state index is -4.96. The number of nitrogens with zero attached hydrogens (tertiary/aromatic N) is 4. The molecule has 0 aliphatic rings. The Morgan fingerprint density at radius 2 is 1.75 bits per heavy atom. The summed E-state index contributed by atoms with van der Waals surface area (Å²) in [4.78, 5) is 7.02. The number of anilines is 1. The number of hydrogen-bond donors (Lipinski definition) is 2. The standard InChI is InChI=1S/C16H13F6N5O/c1-7-3-4-8(14(2,28)16(20,21)22)5-9(7)10-6-24-12-11(23)25-13(15(17,18)19)26-27(10)12/h3-6,28H,1-2H3,(H2,23,25,26). The molecule has 0 amide bonds. The zero-order chi connectivity index (χ0) is 21.1. The van der Waals surface area contributed by atoms with Gasteiger partial charge >= 0.3 is 12.4 Å². The maximum atomic E-state index is 13.2. The molecule has 0 saturated carbocycles. The van der Waals surface area contributed by atoms with Crippen LogP contribution in [0.3, 0.4) is 0 Å². The Balaban J connectivity index is 2.26. The molecule has 2 aromatic heterocycles. The van der Waals surface area contributed by atoms with Gasteiger partial charge in [-0.25, -0.2) is 14.5 Å². The molecule has 0 aliphatic heterocycles. The normalized spacial score (nSPS) is 15.0. The molecule has 3 aromatic rings. The zero-order valence-electron chi connectivity index (χ0n) is 14.4. The highest BCUT2D eigenvalue weighted by molar-refractivity contribution is 5.71. The second kappa shape index (κ2) is 6.06. The second-order valence-corrected chi connectivity index (χ2v) is 6.30. The summed E-state index contributed by atoms with van der Waals surface area (Å²) >= 11 is 0. The summed E-state index contributed by atoms with van der Waals surface area (Å²) in [5.41, 5.74) is 2.16. The molecule has 12 heteroatoms. The quantitative estimate of drug-likeness (QED) is 0.638. The average molecular weight is 405 g/mol. The van der Waals surface area contributed by atoms with Gasteiger partial charge in [0.1, 0.15) is 0 Å². The molecular weight excluding hydrogens is 392 g/mol. The van der Waals surface area contributed by atoms with Crippen molar-refractivity contribution in [3.05, 3.63) is 41.3 Å². The zero-order valence-corrected chi connectivity index (χ0v) is 14.4. The van der Waals surface area contributed by atoms with Crippen molar-refractivity contribution in [3.8, 4) is 11.3 Å². The Bertz CT molecular complexity index is 1050. The highest BCUT2D eigenvalue weighted by Gasteiger charge is 2.51. The van der Waals surface area contributed by atoms with Crippen LogP contribution in [0.4, 0.5) is 32.2 Å². The lowest BCUT2D eigenvalue weighted by Crippen LogP contribution is -2.39. The molecule has 0 fully saturated rings. The van der Waals surface area contributed by atoms with Gasteiger partial charge in [-0.1, -0.05) is 12.1 Å². The summed E-state index contributed by atoms with van der Waals surface area (Å²) in [5.74, 6) is -2.06. The van der Waals surface area contributed by atoms with Crippen LogP contribution in [-0.4, -0.2) is 30.9 Å². The lowest BCUT2D eigenvalue weighted by atomic mass is 9.91. The Labute approximate surface area is 153 Å². The average Bonchev–Trinajstić information content (AvgIpc) is 2.97. The predicted molar refractivity (Wildman–Crippen MR) is 86.0 cm³/mol. The summed E-state index contributed by atoms with van der Waals surface area (Å²) in [7, 11) is 0. The smallest absolute Gasteiger partial charge is 0.380 e. The molecule has 1 aromatic carbocycles. The van der Waals surface area contributed by atoms with E-state index >= 15 is 0 Å². The van der Waals surface area contributed by atoms with Crippen LogP contribution < -0.4 is 5.73 Å². The summed E-state index contributed by atoms with van der Waals surface area (Å²) in [6.07, 6.45) is -8.73. The lowest BCUT2D eigenvalue weighted by molar-refractivity contribution is -0.258. The van der Waals surface area contributed by atoms with Crippen molar-refractivity contribution in [2.45, 2.75) is 31.8 Å². The van der Waals surface area contributed by atoms with Crippen molar-refractivity contribution < 1.29 is 31.4 Å². The maximum absolute atomic E-state index is 13.2. The first-order valence-corrected chi connectivity index (χ1v) is 7.72. The van der Waals surface area contributed by atoms with Crippen molar-refractivity contribution >= 4 is 11.5 Å². The molecule has 0 aliphatic carbocycles. The third kappa shape index (κ3) is 3.13. The fourth-order valence-corrected chi connectivity index (χ4v) is 2.57. The highest BCUT2D eigenvalue weighted by Crippen LogP contribution is 2.40. The third-order valence-electron chi connectivity index (χ3n) is 4.27. The van der Waals surface area contributed by atoms with Gasteiger partial charge in [-0.3, -0.25) is 0 Å². The van der Waals surface area contributed by atoms with Crippen LogP contribution in [0.5, 0.6) is 0 Å². The van der Waals surface area contributed by atoms with Gasteiger partial charge in [0, 0.05) is 5.56 Å². The fourth-order valence-electron chi connectivity index (χ4n) is 2.57. The van der Waals surface area contributed by atoms with Crippen LogP contribution in [0.25, 0.3) is 16.9 Å². The van der Waals surface area contributed by atoms with E-state index in [1.165, 1.54) is 13.0 Å². The Morgan fingerprint density at radius 1 is 1.11 bits per heavy atom. The van der Waals surface area contributed by atoms with Crippen LogP contribution in [0, 0.1) is 6.92 Å². The van der Waals surface area contributed by atoms with E-state index in [9.17, 15) is 31.4 Å². The predicted octanol–water partition coefficient (Wildman–Crippen LogP) is 3.47. The first-order valence-electron chi connectivity index (χ1n) is 7.72. The van der Waals surface area contributed by atoms with Crippen LogP contribution in [0.15, 0.2) is 24.4 Å². The minimum absolute atomic E-state index is 0.0353. The third-order valence-corrected chi connectivity index (χ3v) is 4.27. The summed E-state index contributed by atoms with van der Waals surface area (Å²) in [6.45, 7) is 2.12. The number of imidazole rings is 1. The number of fused-ring (bicyclic) bond motifs is 1. The SMILES string of the molecule is Cc1ccc(C(C)(O)C(F)(F)F)cc1-c1cnc2c(N)nc(C(F)(F)F)nn12. The molecule has 0 bridgehead atoms. The van der Waals surface area contributed by atoms with Gasteiger partial charge in [-0.2, -0.15) is 26.3 Å². The molecular formula is C16H13F6N5O. The molecule has 6 nitrogen and oxygen atoms in total.